The molecule has 0 radical (unpaired) electrons. The van der Waals surface area contributed by atoms with Gasteiger partial charge in [0.15, 0.2) is 0 Å². The van der Waals surface area contributed by atoms with Gasteiger partial charge in [-0.1, -0.05) is 6.07 Å². The number of nitrogens with two attached hydrogens (primary N) is 1. The monoisotopic (exact) mass is 237 g/mol. The Morgan fingerprint density at radius 1 is 1.33 bits per heavy atom. The summed E-state index contributed by atoms with van der Waals surface area (Å²) in [6.07, 6.45) is 2.59. The van der Waals surface area contributed by atoms with Crippen LogP contribution in [-0.2, 0) is 6.42 Å². The van der Waals surface area contributed by atoms with Gasteiger partial charge in [-0.05, 0) is 30.2 Å². The molecule has 5 heteroatoms. The molecule has 1 aliphatic rings. The number of anilines is 3. The van der Waals surface area contributed by atoms with Gasteiger partial charge in [0.25, 0.3) is 0 Å². The normalized spacial score (nSPS) is 13.2. The Morgan fingerprint density at radius 2 is 2.22 bits per heavy atom. The summed E-state index contributed by atoms with van der Waals surface area (Å²) in [6.45, 7) is 0.848. The highest BCUT2D eigenvalue weighted by Crippen LogP contribution is 2.34. The van der Waals surface area contributed by atoms with Crippen LogP contribution in [0.15, 0.2) is 30.5 Å². The van der Waals surface area contributed by atoms with E-state index in [0.717, 1.165) is 24.5 Å². The van der Waals surface area contributed by atoms with Crippen molar-refractivity contribution in [1.29, 1.82) is 5.26 Å². The summed E-state index contributed by atoms with van der Waals surface area (Å²) >= 11 is 0. The predicted octanol–water partition coefficient (Wildman–Crippen LogP) is 1.62. The van der Waals surface area contributed by atoms with Crippen LogP contribution in [0.25, 0.3) is 0 Å². The van der Waals surface area contributed by atoms with Crippen LogP contribution in [0.5, 0.6) is 0 Å². The molecule has 5 nitrogen and oxygen atoms in total. The minimum Gasteiger partial charge on any atom is -0.368 e. The second-order valence-corrected chi connectivity index (χ2v) is 4.13. The molecule has 3 rings (SSSR count). The fourth-order valence-corrected chi connectivity index (χ4v) is 2.20. The average molecular weight is 237 g/mol. The minimum absolute atomic E-state index is 0.261. The van der Waals surface area contributed by atoms with Gasteiger partial charge >= 0.3 is 0 Å². The fourth-order valence-electron chi connectivity index (χ4n) is 2.20. The molecule has 0 atom stereocenters. The molecule has 88 valence electrons. The van der Waals surface area contributed by atoms with E-state index in [9.17, 15) is 0 Å². The number of rotatable bonds is 1. The Kier molecular flexibility index (Phi) is 2.34. The first-order valence-corrected chi connectivity index (χ1v) is 5.67. The molecule has 18 heavy (non-hydrogen) atoms. The molecule has 2 N–H and O–H groups in total. The van der Waals surface area contributed by atoms with Gasteiger partial charge in [-0.25, -0.2) is 4.98 Å². The Bertz CT molecular complexity index is 644. The van der Waals surface area contributed by atoms with E-state index in [1.54, 1.807) is 6.20 Å². The molecule has 0 saturated heterocycles. The third-order valence-corrected chi connectivity index (χ3v) is 3.05. The molecule has 0 bridgehead atoms. The highest BCUT2D eigenvalue weighted by atomic mass is 15.2. The molecule has 1 aromatic heterocycles. The van der Waals surface area contributed by atoms with Gasteiger partial charge in [0.1, 0.15) is 5.82 Å². The molecule has 2 heterocycles. The van der Waals surface area contributed by atoms with Crippen LogP contribution in [0.4, 0.5) is 17.5 Å². The smallest absolute Gasteiger partial charge is 0.221 e. The number of nitrogens with zero attached hydrogens (tertiary/aromatic N) is 4. The molecular weight excluding hydrogens is 226 g/mol. The van der Waals surface area contributed by atoms with Gasteiger partial charge in [0.2, 0.25) is 5.95 Å². The van der Waals surface area contributed by atoms with Gasteiger partial charge in [-0.2, -0.15) is 10.2 Å². The van der Waals surface area contributed by atoms with Crippen LogP contribution < -0.4 is 10.6 Å². The van der Waals surface area contributed by atoms with E-state index in [1.165, 1.54) is 5.56 Å². The first-order valence-electron chi connectivity index (χ1n) is 5.67. The Labute approximate surface area is 105 Å². The van der Waals surface area contributed by atoms with Crippen LogP contribution in [0.1, 0.15) is 11.1 Å². The van der Waals surface area contributed by atoms with Crippen LogP contribution in [0, 0.1) is 11.3 Å². The molecule has 0 aliphatic carbocycles. The summed E-state index contributed by atoms with van der Waals surface area (Å²) in [6, 6.07) is 9.71. The van der Waals surface area contributed by atoms with E-state index in [-0.39, 0.29) is 5.95 Å². The average Bonchev–Trinajstić information content (AvgIpc) is 2.81. The van der Waals surface area contributed by atoms with Crippen LogP contribution in [0.3, 0.4) is 0 Å². The number of fused-ring (bicyclic) bond motifs is 1. The lowest BCUT2D eigenvalue weighted by molar-refractivity contribution is 0.968. The maximum absolute atomic E-state index is 8.96. The quantitative estimate of drug-likeness (QED) is 0.815. The van der Waals surface area contributed by atoms with E-state index >= 15 is 0 Å². The number of nitrogen functional groups attached to an aromatic ring is 1. The summed E-state index contributed by atoms with van der Waals surface area (Å²) < 4.78 is 0. The molecule has 1 aliphatic heterocycles. The third-order valence-electron chi connectivity index (χ3n) is 3.05. The van der Waals surface area contributed by atoms with Gasteiger partial charge in [0.05, 0.1) is 11.6 Å². The highest BCUT2D eigenvalue weighted by Gasteiger charge is 2.21. The van der Waals surface area contributed by atoms with E-state index in [2.05, 4.69) is 20.9 Å². The second kappa shape index (κ2) is 4.00. The van der Waals surface area contributed by atoms with Gasteiger partial charge in [-0.15, -0.1) is 0 Å². The van der Waals surface area contributed by atoms with Gasteiger partial charge < -0.3 is 10.6 Å². The first-order chi connectivity index (χ1) is 8.78. The lowest BCUT2D eigenvalue weighted by Gasteiger charge is -2.18. The van der Waals surface area contributed by atoms with Crippen molar-refractivity contribution in [3.63, 3.8) is 0 Å². The van der Waals surface area contributed by atoms with Gasteiger partial charge in [0, 0.05) is 18.4 Å². The number of hydrogen-bond acceptors (Lipinski definition) is 5. The van der Waals surface area contributed by atoms with E-state index in [4.69, 9.17) is 11.0 Å². The SMILES string of the molecule is N#Cc1ccc2c(c1)N(c1ccnc(N)n1)CC2. The zero-order valence-electron chi connectivity index (χ0n) is 9.67. The summed E-state index contributed by atoms with van der Waals surface area (Å²) in [5.41, 5.74) is 8.52. The molecule has 0 fully saturated rings. The lowest BCUT2D eigenvalue weighted by Crippen LogP contribution is -2.15. The largest absolute Gasteiger partial charge is 0.368 e. The minimum atomic E-state index is 0.261. The van der Waals surface area contributed by atoms with Crippen LogP contribution in [0.2, 0.25) is 0 Å². The molecule has 0 saturated carbocycles. The van der Waals surface area contributed by atoms with Crippen molar-refractivity contribution < 1.29 is 0 Å². The molecule has 2 aromatic rings. The number of aromatic nitrogens is 2. The van der Waals surface area contributed by atoms with Crippen molar-refractivity contribution in [3.8, 4) is 6.07 Å². The maximum Gasteiger partial charge on any atom is 0.221 e. The molecule has 0 amide bonds. The van der Waals surface area contributed by atoms with Crippen molar-refractivity contribution in [2.24, 2.45) is 0 Å². The van der Waals surface area contributed by atoms with Crippen LogP contribution in [-0.4, -0.2) is 16.5 Å². The number of benzene rings is 1. The Morgan fingerprint density at radius 3 is 3.00 bits per heavy atom. The van der Waals surface area contributed by atoms with E-state index < -0.39 is 0 Å². The number of hydrogen-bond donors (Lipinski definition) is 1. The zero-order chi connectivity index (χ0) is 12.5. The van der Waals surface area contributed by atoms with Crippen molar-refractivity contribution >= 4 is 17.5 Å². The summed E-state index contributed by atoms with van der Waals surface area (Å²) in [4.78, 5) is 10.2. The van der Waals surface area contributed by atoms with Crippen LogP contribution >= 0.6 is 0 Å². The Hall–Kier alpha value is -2.61. The van der Waals surface area contributed by atoms with Gasteiger partial charge in [-0.3, -0.25) is 0 Å². The van der Waals surface area contributed by atoms with E-state index in [0.29, 0.717) is 5.56 Å². The summed E-state index contributed by atoms with van der Waals surface area (Å²) in [5.74, 6) is 1.04. The van der Waals surface area contributed by atoms with Crippen molar-refractivity contribution in [3.05, 3.63) is 41.6 Å². The van der Waals surface area contributed by atoms with Crippen molar-refractivity contribution in [2.45, 2.75) is 6.42 Å². The molecular formula is C13H11N5. The third kappa shape index (κ3) is 1.64. The number of nitriles is 1. The maximum atomic E-state index is 8.96. The molecule has 1 aromatic carbocycles. The molecule has 0 spiro atoms. The predicted molar refractivity (Wildman–Crippen MR) is 68.3 cm³/mol. The highest BCUT2D eigenvalue weighted by molar-refractivity contribution is 5.69. The van der Waals surface area contributed by atoms with E-state index in [1.807, 2.05) is 24.3 Å². The van der Waals surface area contributed by atoms with Crippen molar-refractivity contribution in [2.75, 3.05) is 17.2 Å². The molecule has 0 unspecified atom stereocenters. The summed E-state index contributed by atoms with van der Waals surface area (Å²) in [5, 5.41) is 8.96. The standard InChI is InChI=1S/C13H11N5/c14-8-9-1-2-10-4-6-18(11(10)7-9)12-3-5-16-13(15)17-12/h1-3,5,7H,4,6H2,(H2,15,16,17). The second-order valence-electron chi connectivity index (χ2n) is 4.13. The lowest BCUT2D eigenvalue weighted by atomic mass is 10.1. The van der Waals surface area contributed by atoms with Crippen molar-refractivity contribution in [1.82, 2.24) is 9.97 Å². The topological polar surface area (TPSA) is 78.8 Å². The first kappa shape index (κ1) is 10.5. The summed E-state index contributed by atoms with van der Waals surface area (Å²) in [7, 11) is 0. The Balaban J connectivity index is 2.07. The fraction of sp³-hybridized carbons (Fsp3) is 0.154. The zero-order valence-corrected chi connectivity index (χ0v) is 9.67.